The molecule has 0 unspecified atom stereocenters. The van der Waals surface area contributed by atoms with Crippen molar-refractivity contribution in [3.05, 3.63) is 46.2 Å². The maximum absolute atomic E-state index is 12.3. The molecule has 0 spiro atoms. The van der Waals surface area contributed by atoms with Crippen LogP contribution in [0.15, 0.2) is 40.8 Å². The lowest BCUT2D eigenvalue weighted by Crippen LogP contribution is -2.16. The van der Waals surface area contributed by atoms with Gasteiger partial charge in [-0.3, -0.25) is 4.79 Å². The number of nitrogens with zero attached hydrogens (tertiary/aromatic N) is 1. The van der Waals surface area contributed by atoms with Crippen LogP contribution in [0.1, 0.15) is 22.2 Å². The van der Waals surface area contributed by atoms with Gasteiger partial charge in [-0.2, -0.15) is 13.9 Å². The van der Waals surface area contributed by atoms with Crippen molar-refractivity contribution in [1.29, 1.82) is 0 Å². The fraction of sp³-hybridized carbons (Fsp3) is 0.200. The minimum atomic E-state index is -2.93. The highest BCUT2D eigenvalue weighted by atomic mass is 32.1. The number of halogens is 2. The van der Waals surface area contributed by atoms with E-state index in [4.69, 9.17) is 4.74 Å². The van der Waals surface area contributed by atoms with Gasteiger partial charge in [0.1, 0.15) is 0 Å². The summed E-state index contributed by atoms with van der Waals surface area (Å²) in [6, 6.07) is 7.83. The molecule has 23 heavy (non-hydrogen) atoms. The Bertz CT molecular complexity index is 675. The van der Waals surface area contributed by atoms with E-state index in [1.165, 1.54) is 35.8 Å². The second-order valence-corrected chi connectivity index (χ2v) is 5.14. The molecule has 0 aliphatic carbocycles. The Labute approximate surface area is 135 Å². The molecule has 1 amide bonds. The van der Waals surface area contributed by atoms with E-state index < -0.39 is 6.61 Å². The number of carbonyl (C=O) groups excluding carboxylic acids is 1. The Morgan fingerprint density at radius 2 is 2.22 bits per heavy atom. The predicted molar refractivity (Wildman–Crippen MR) is 83.6 cm³/mol. The summed E-state index contributed by atoms with van der Waals surface area (Å²) in [6.07, 6.45) is 1.39. The Balaban J connectivity index is 2.05. The third kappa shape index (κ3) is 5.03. The normalized spacial score (nSPS) is 11.0. The number of hydrogen-bond donors (Lipinski definition) is 1. The number of hydrogen-bond acceptors (Lipinski definition) is 5. The predicted octanol–water partition coefficient (Wildman–Crippen LogP) is 3.51. The fourth-order valence-electron chi connectivity index (χ4n) is 1.69. The molecule has 1 N–H and O–H groups in total. The van der Waals surface area contributed by atoms with Crippen LogP contribution < -0.4 is 14.9 Å². The van der Waals surface area contributed by atoms with Crippen LogP contribution >= 0.6 is 11.3 Å². The Morgan fingerprint density at radius 1 is 1.39 bits per heavy atom. The quantitative estimate of drug-likeness (QED) is 0.620. The molecular weight excluding hydrogens is 326 g/mol. The third-order valence-corrected chi connectivity index (χ3v) is 3.48. The van der Waals surface area contributed by atoms with Gasteiger partial charge in [0.15, 0.2) is 11.5 Å². The van der Waals surface area contributed by atoms with E-state index in [1.807, 2.05) is 0 Å². The van der Waals surface area contributed by atoms with Gasteiger partial charge in [-0.25, -0.2) is 5.43 Å². The van der Waals surface area contributed by atoms with Crippen molar-refractivity contribution in [2.24, 2.45) is 5.10 Å². The monoisotopic (exact) mass is 340 g/mol. The molecular formula is C15H14F2N2O3S. The number of carbonyl (C=O) groups is 1. The van der Waals surface area contributed by atoms with E-state index in [-0.39, 0.29) is 17.4 Å². The topological polar surface area (TPSA) is 59.9 Å². The van der Waals surface area contributed by atoms with Crippen molar-refractivity contribution in [2.45, 2.75) is 13.5 Å². The molecule has 5 nitrogen and oxygen atoms in total. The maximum atomic E-state index is 12.3. The Kier molecular flexibility index (Phi) is 6.04. The third-order valence-electron chi connectivity index (χ3n) is 2.61. The van der Waals surface area contributed by atoms with Crippen molar-refractivity contribution < 1.29 is 23.0 Å². The highest BCUT2D eigenvalue weighted by Crippen LogP contribution is 2.29. The summed E-state index contributed by atoms with van der Waals surface area (Å²) in [5, 5.41) is 5.61. The van der Waals surface area contributed by atoms with Crippen molar-refractivity contribution >= 4 is 23.5 Å². The standard InChI is InChI=1S/C15H14F2N2O3S/c1-2-21-12-8-10(5-6-11(12)22-15(16)17)9-18-19-14(20)13-4-3-7-23-13/h3-9,15H,2H2,1H3,(H,19,20)/b18-9-. The van der Waals surface area contributed by atoms with Gasteiger partial charge in [0.25, 0.3) is 5.91 Å². The molecule has 0 atom stereocenters. The van der Waals surface area contributed by atoms with Crippen molar-refractivity contribution in [1.82, 2.24) is 5.43 Å². The first-order valence-corrected chi connectivity index (χ1v) is 7.56. The van der Waals surface area contributed by atoms with Crippen LogP contribution in [0, 0.1) is 0 Å². The molecule has 0 aliphatic rings. The van der Waals surface area contributed by atoms with E-state index in [2.05, 4.69) is 15.3 Å². The summed E-state index contributed by atoms with van der Waals surface area (Å²) in [6.45, 7) is -0.900. The molecule has 2 rings (SSSR count). The van der Waals surface area contributed by atoms with Gasteiger partial charge >= 0.3 is 6.61 Å². The fourth-order valence-corrected chi connectivity index (χ4v) is 2.31. The van der Waals surface area contributed by atoms with Crippen LogP contribution in [0.3, 0.4) is 0 Å². The number of rotatable bonds is 7. The second kappa shape index (κ2) is 8.23. The van der Waals surface area contributed by atoms with Gasteiger partial charge in [-0.05, 0) is 42.1 Å². The van der Waals surface area contributed by atoms with Gasteiger partial charge < -0.3 is 9.47 Å². The molecule has 1 aromatic heterocycles. The maximum Gasteiger partial charge on any atom is 0.387 e. The number of thiophene rings is 1. The number of alkyl halides is 2. The average Bonchev–Trinajstić information content (AvgIpc) is 3.04. The van der Waals surface area contributed by atoms with Crippen LogP contribution in [-0.4, -0.2) is 25.3 Å². The number of ether oxygens (including phenoxy) is 2. The molecule has 2 aromatic rings. The number of nitrogens with one attached hydrogen (secondary N) is 1. The SMILES string of the molecule is CCOc1cc(/C=N\NC(=O)c2cccs2)ccc1OC(F)F. The molecule has 0 radical (unpaired) electrons. The van der Waals surface area contributed by atoms with E-state index in [1.54, 1.807) is 24.4 Å². The molecule has 0 aliphatic heterocycles. The van der Waals surface area contributed by atoms with Crippen LogP contribution in [0.25, 0.3) is 0 Å². The lowest BCUT2D eigenvalue weighted by atomic mass is 10.2. The number of hydrazone groups is 1. The lowest BCUT2D eigenvalue weighted by molar-refractivity contribution is -0.0514. The van der Waals surface area contributed by atoms with Gasteiger partial charge in [0.05, 0.1) is 17.7 Å². The summed E-state index contributed by atoms with van der Waals surface area (Å²) < 4.78 is 34.3. The van der Waals surface area contributed by atoms with E-state index in [9.17, 15) is 13.6 Å². The van der Waals surface area contributed by atoms with Gasteiger partial charge in [0, 0.05) is 0 Å². The zero-order chi connectivity index (χ0) is 16.7. The van der Waals surface area contributed by atoms with Crippen molar-refractivity contribution in [3.8, 4) is 11.5 Å². The zero-order valence-electron chi connectivity index (χ0n) is 12.2. The summed E-state index contributed by atoms with van der Waals surface area (Å²) >= 11 is 1.30. The largest absolute Gasteiger partial charge is 0.490 e. The highest BCUT2D eigenvalue weighted by Gasteiger charge is 2.11. The van der Waals surface area contributed by atoms with Crippen LogP contribution in [0.5, 0.6) is 11.5 Å². The highest BCUT2D eigenvalue weighted by molar-refractivity contribution is 7.12. The van der Waals surface area contributed by atoms with Gasteiger partial charge in [-0.1, -0.05) is 6.07 Å². The first kappa shape index (κ1) is 16.9. The number of benzene rings is 1. The minimum Gasteiger partial charge on any atom is -0.490 e. The molecule has 0 saturated carbocycles. The van der Waals surface area contributed by atoms with Crippen molar-refractivity contribution in [3.63, 3.8) is 0 Å². The Morgan fingerprint density at radius 3 is 2.87 bits per heavy atom. The summed E-state index contributed by atoms with van der Waals surface area (Å²) in [5.41, 5.74) is 2.95. The summed E-state index contributed by atoms with van der Waals surface area (Å²) in [4.78, 5) is 12.2. The second-order valence-electron chi connectivity index (χ2n) is 4.19. The smallest absolute Gasteiger partial charge is 0.387 e. The van der Waals surface area contributed by atoms with Crippen molar-refractivity contribution in [2.75, 3.05) is 6.61 Å². The molecule has 1 heterocycles. The zero-order valence-corrected chi connectivity index (χ0v) is 13.0. The summed E-state index contributed by atoms with van der Waals surface area (Å²) in [5.74, 6) is -0.193. The molecule has 8 heteroatoms. The lowest BCUT2D eigenvalue weighted by Gasteiger charge is -2.11. The molecule has 122 valence electrons. The van der Waals surface area contributed by atoms with E-state index >= 15 is 0 Å². The number of amides is 1. The van der Waals surface area contributed by atoms with E-state index in [0.29, 0.717) is 17.0 Å². The average molecular weight is 340 g/mol. The van der Waals surface area contributed by atoms with E-state index in [0.717, 1.165) is 0 Å². The van der Waals surface area contributed by atoms with Gasteiger partial charge in [-0.15, -0.1) is 11.3 Å². The molecule has 1 aromatic carbocycles. The van der Waals surface area contributed by atoms with Crippen LogP contribution in [-0.2, 0) is 0 Å². The minimum absolute atomic E-state index is 0.0541. The first-order chi connectivity index (χ1) is 11.1. The Hall–Kier alpha value is -2.48. The first-order valence-electron chi connectivity index (χ1n) is 6.68. The van der Waals surface area contributed by atoms with Crippen LogP contribution in [0.2, 0.25) is 0 Å². The molecule has 0 bridgehead atoms. The van der Waals surface area contributed by atoms with Gasteiger partial charge in [0.2, 0.25) is 0 Å². The summed E-state index contributed by atoms with van der Waals surface area (Å²) in [7, 11) is 0. The molecule has 0 saturated heterocycles. The molecule has 0 fully saturated rings. The van der Waals surface area contributed by atoms with Crippen LogP contribution in [0.4, 0.5) is 8.78 Å².